The molecule has 2 rings (SSSR count). The predicted molar refractivity (Wildman–Crippen MR) is 85.2 cm³/mol. The van der Waals surface area contributed by atoms with Gasteiger partial charge >= 0.3 is 5.97 Å². The van der Waals surface area contributed by atoms with Crippen molar-refractivity contribution >= 4 is 23.3 Å². The number of carbonyl (C=O) groups is 1. The van der Waals surface area contributed by atoms with Crippen LogP contribution in [0.2, 0.25) is 5.02 Å². The van der Waals surface area contributed by atoms with Crippen LogP contribution < -0.4 is 9.47 Å². The van der Waals surface area contributed by atoms with Crippen LogP contribution in [0.1, 0.15) is 11.1 Å². The Morgan fingerprint density at radius 1 is 1.13 bits per heavy atom. The van der Waals surface area contributed by atoms with Gasteiger partial charge in [0.25, 0.3) is 5.69 Å². The highest BCUT2D eigenvalue weighted by atomic mass is 35.5. The third-order valence-electron chi connectivity index (χ3n) is 3.05. The van der Waals surface area contributed by atoms with Crippen molar-refractivity contribution in [1.82, 2.24) is 0 Å². The zero-order valence-corrected chi connectivity index (χ0v) is 13.3. The second-order valence-corrected chi connectivity index (χ2v) is 5.26. The Balaban J connectivity index is 1.93. The number of halogens is 1. The molecule has 0 aromatic heterocycles. The van der Waals surface area contributed by atoms with E-state index in [1.807, 2.05) is 13.8 Å². The standard InChI is InChI=1S/C16H14ClNO5/c1-10-7-14(8-11(2)16(10)17)23-15(19)9-22-13-5-3-12(4-6-13)18(20)21/h3-8H,9H2,1-2H3. The zero-order valence-electron chi connectivity index (χ0n) is 12.5. The summed E-state index contributed by atoms with van der Waals surface area (Å²) < 4.78 is 10.4. The molecule has 120 valence electrons. The molecule has 0 bridgehead atoms. The molecule has 0 spiro atoms. The van der Waals surface area contributed by atoms with Gasteiger partial charge in [0.1, 0.15) is 11.5 Å². The first-order chi connectivity index (χ1) is 10.9. The summed E-state index contributed by atoms with van der Waals surface area (Å²) in [6.07, 6.45) is 0. The number of ether oxygens (including phenoxy) is 2. The molecule has 0 aliphatic rings. The molecule has 23 heavy (non-hydrogen) atoms. The van der Waals surface area contributed by atoms with Crippen LogP contribution in [0, 0.1) is 24.0 Å². The van der Waals surface area contributed by atoms with E-state index in [1.54, 1.807) is 12.1 Å². The van der Waals surface area contributed by atoms with E-state index in [4.69, 9.17) is 21.1 Å². The number of esters is 1. The highest BCUT2D eigenvalue weighted by molar-refractivity contribution is 6.32. The number of rotatable bonds is 5. The van der Waals surface area contributed by atoms with Crippen molar-refractivity contribution < 1.29 is 19.2 Å². The maximum Gasteiger partial charge on any atom is 0.349 e. The van der Waals surface area contributed by atoms with E-state index >= 15 is 0 Å². The first-order valence-corrected chi connectivity index (χ1v) is 7.09. The summed E-state index contributed by atoms with van der Waals surface area (Å²) in [6, 6.07) is 8.77. The first-order valence-electron chi connectivity index (χ1n) is 6.71. The van der Waals surface area contributed by atoms with Crippen molar-refractivity contribution in [3.05, 3.63) is 62.7 Å². The van der Waals surface area contributed by atoms with Crippen LogP contribution >= 0.6 is 11.6 Å². The van der Waals surface area contributed by atoms with Gasteiger partial charge in [-0.15, -0.1) is 0 Å². The normalized spacial score (nSPS) is 10.2. The first kappa shape index (κ1) is 16.8. The lowest BCUT2D eigenvalue weighted by Gasteiger charge is -2.09. The Morgan fingerprint density at radius 3 is 2.22 bits per heavy atom. The fourth-order valence-corrected chi connectivity index (χ4v) is 2.04. The number of nitro benzene ring substituents is 1. The topological polar surface area (TPSA) is 78.7 Å². The molecule has 0 saturated carbocycles. The number of nitrogens with zero attached hydrogens (tertiary/aromatic N) is 1. The van der Waals surface area contributed by atoms with E-state index in [9.17, 15) is 14.9 Å². The summed E-state index contributed by atoms with van der Waals surface area (Å²) in [5, 5.41) is 11.2. The summed E-state index contributed by atoms with van der Waals surface area (Å²) in [4.78, 5) is 21.8. The van der Waals surface area contributed by atoms with E-state index in [1.165, 1.54) is 24.3 Å². The van der Waals surface area contributed by atoms with Crippen molar-refractivity contribution in [3.8, 4) is 11.5 Å². The zero-order chi connectivity index (χ0) is 17.0. The monoisotopic (exact) mass is 335 g/mol. The van der Waals surface area contributed by atoms with Gasteiger partial charge in [0.15, 0.2) is 6.61 Å². The smallest absolute Gasteiger partial charge is 0.349 e. The van der Waals surface area contributed by atoms with Gasteiger partial charge in [0, 0.05) is 17.2 Å². The van der Waals surface area contributed by atoms with Gasteiger partial charge in [-0.25, -0.2) is 4.79 Å². The molecule has 0 N–H and O–H groups in total. The van der Waals surface area contributed by atoms with Gasteiger partial charge in [0.2, 0.25) is 0 Å². The average molecular weight is 336 g/mol. The maximum absolute atomic E-state index is 11.8. The molecular formula is C16H14ClNO5. The summed E-state index contributed by atoms with van der Waals surface area (Å²) in [7, 11) is 0. The minimum Gasteiger partial charge on any atom is -0.482 e. The second kappa shape index (κ2) is 7.11. The molecule has 0 unspecified atom stereocenters. The minimum absolute atomic E-state index is 0.0490. The molecule has 7 heteroatoms. The Kier molecular flexibility index (Phi) is 5.18. The van der Waals surface area contributed by atoms with Gasteiger partial charge in [0.05, 0.1) is 4.92 Å². The number of hydrogen-bond donors (Lipinski definition) is 0. The van der Waals surface area contributed by atoms with Crippen LogP contribution in [0.3, 0.4) is 0 Å². The van der Waals surface area contributed by atoms with Crippen molar-refractivity contribution in [2.45, 2.75) is 13.8 Å². The predicted octanol–water partition coefficient (Wildman–Crippen LogP) is 3.85. The summed E-state index contributed by atoms with van der Waals surface area (Å²) >= 11 is 6.05. The molecule has 0 atom stereocenters. The lowest BCUT2D eigenvalue weighted by molar-refractivity contribution is -0.384. The molecule has 2 aromatic rings. The van der Waals surface area contributed by atoms with E-state index in [0.717, 1.165) is 11.1 Å². The summed E-state index contributed by atoms with van der Waals surface area (Å²) in [6.45, 7) is 3.33. The molecule has 0 radical (unpaired) electrons. The van der Waals surface area contributed by atoms with E-state index in [0.29, 0.717) is 16.5 Å². The van der Waals surface area contributed by atoms with Gasteiger partial charge in [-0.05, 0) is 49.2 Å². The second-order valence-electron chi connectivity index (χ2n) is 4.88. The quantitative estimate of drug-likeness (QED) is 0.359. The number of benzene rings is 2. The Morgan fingerprint density at radius 2 is 1.70 bits per heavy atom. The summed E-state index contributed by atoms with van der Waals surface area (Å²) in [5.74, 6) is 0.155. The van der Waals surface area contributed by atoms with Gasteiger partial charge < -0.3 is 9.47 Å². The van der Waals surface area contributed by atoms with Crippen LogP contribution in [0.4, 0.5) is 5.69 Å². The van der Waals surface area contributed by atoms with E-state index in [2.05, 4.69) is 0 Å². The number of nitro groups is 1. The molecule has 0 heterocycles. The third-order valence-corrected chi connectivity index (χ3v) is 3.64. The number of hydrogen-bond acceptors (Lipinski definition) is 5. The van der Waals surface area contributed by atoms with Crippen molar-refractivity contribution in [1.29, 1.82) is 0 Å². The highest BCUT2D eigenvalue weighted by Gasteiger charge is 2.10. The van der Waals surface area contributed by atoms with Crippen LogP contribution in [0.5, 0.6) is 11.5 Å². The van der Waals surface area contributed by atoms with E-state index in [-0.39, 0.29) is 12.3 Å². The Labute approximate surface area is 137 Å². The summed E-state index contributed by atoms with van der Waals surface area (Å²) in [5.41, 5.74) is 1.57. The Hall–Kier alpha value is -2.60. The minimum atomic E-state index is -0.579. The molecule has 0 aliphatic carbocycles. The number of non-ortho nitro benzene ring substituents is 1. The number of aryl methyl sites for hydroxylation is 2. The molecule has 0 fully saturated rings. The Bertz CT molecular complexity index is 720. The molecule has 0 amide bonds. The highest BCUT2D eigenvalue weighted by Crippen LogP contribution is 2.26. The van der Waals surface area contributed by atoms with Gasteiger partial charge in [-0.3, -0.25) is 10.1 Å². The van der Waals surface area contributed by atoms with E-state index < -0.39 is 10.9 Å². The average Bonchev–Trinajstić information content (AvgIpc) is 2.51. The van der Waals surface area contributed by atoms with Crippen LogP contribution in [-0.4, -0.2) is 17.5 Å². The number of carbonyl (C=O) groups excluding carboxylic acids is 1. The van der Waals surface area contributed by atoms with Crippen molar-refractivity contribution in [2.75, 3.05) is 6.61 Å². The fraction of sp³-hybridized carbons (Fsp3) is 0.188. The van der Waals surface area contributed by atoms with Gasteiger partial charge in [-0.2, -0.15) is 0 Å². The van der Waals surface area contributed by atoms with Crippen molar-refractivity contribution in [3.63, 3.8) is 0 Å². The molecule has 2 aromatic carbocycles. The largest absolute Gasteiger partial charge is 0.482 e. The molecule has 0 aliphatic heterocycles. The molecular weight excluding hydrogens is 322 g/mol. The molecule has 0 saturated heterocycles. The maximum atomic E-state index is 11.8. The lowest BCUT2D eigenvalue weighted by atomic mass is 10.1. The molecule has 6 nitrogen and oxygen atoms in total. The SMILES string of the molecule is Cc1cc(OC(=O)COc2ccc([N+](=O)[O-])cc2)cc(C)c1Cl. The fourth-order valence-electron chi connectivity index (χ4n) is 1.93. The van der Waals surface area contributed by atoms with Crippen LogP contribution in [0.25, 0.3) is 0 Å². The lowest BCUT2D eigenvalue weighted by Crippen LogP contribution is -2.17. The van der Waals surface area contributed by atoms with Crippen molar-refractivity contribution in [2.24, 2.45) is 0 Å². The van der Waals surface area contributed by atoms with Crippen LogP contribution in [-0.2, 0) is 4.79 Å². The third kappa shape index (κ3) is 4.43. The van der Waals surface area contributed by atoms with Gasteiger partial charge in [-0.1, -0.05) is 11.6 Å². The van der Waals surface area contributed by atoms with Crippen LogP contribution in [0.15, 0.2) is 36.4 Å².